The maximum Gasteiger partial charge on any atom is 0.317 e. The Hall–Kier alpha value is -2.51. The van der Waals surface area contributed by atoms with Gasteiger partial charge in [0, 0.05) is 58.7 Å². The van der Waals surface area contributed by atoms with Crippen LogP contribution in [0.4, 0.5) is 4.79 Å². The second-order valence-corrected chi connectivity index (χ2v) is 11.8. The van der Waals surface area contributed by atoms with Crippen LogP contribution in [0.3, 0.4) is 0 Å². The zero-order valence-electron chi connectivity index (χ0n) is 21.2. The number of carbonyl (C=O) groups excluding carboxylic acids is 1. The standard InChI is InChI=1S/C28H34ClN5OS/c1-4-36-23-11-10-22(30-15-23)14-31-28(35)33-16-24(20-6-5-7-21(29)12-20)25(17-33)27-13-26(19-8-9-19)32-34(27)18(2)3/h5-7,10-13,15,18-19,24-25H,4,8-9,14,16-17H2,1-3H3,(H,31,35). The fourth-order valence-electron chi connectivity index (χ4n) is 5.09. The van der Waals surface area contributed by atoms with Gasteiger partial charge in [-0.05, 0) is 68.3 Å². The van der Waals surface area contributed by atoms with E-state index in [4.69, 9.17) is 16.7 Å². The molecule has 190 valence electrons. The molecule has 1 aliphatic heterocycles. The van der Waals surface area contributed by atoms with Crippen molar-refractivity contribution in [2.45, 2.75) is 68.8 Å². The number of amides is 2. The smallest absolute Gasteiger partial charge is 0.317 e. The van der Waals surface area contributed by atoms with E-state index >= 15 is 0 Å². The SMILES string of the molecule is CCSc1ccc(CNC(=O)N2CC(c3cccc(Cl)c3)C(c3cc(C4CC4)nn3C(C)C)C2)nc1. The molecule has 2 amide bonds. The fourth-order valence-corrected chi connectivity index (χ4v) is 5.91. The normalized spacial score (nSPS) is 19.8. The summed E-state index contributed by atoms with van der Waals surface area (Å²) in [6.07, 6.45) is 4.32. The Morgan fingerprint density at radius 2 is 1.97 bits per heavy atom. The number of thioether (sulfide) groups is 1. The summed E-state index contributed by atoms with van der Waals surface area (Å²) in [4.78, 5) is 20.9. The average molecular weight is 524 g/mol. The highest BCUT2D eigenvalue weighted by Gasteiger charge is 2.40. The molecular formula is C28H34ClN5OS. The average Bonchev–Trinajstić information content (AvgIpc) is 3.46. The van der Waals surface area contributed by atoms with Gasteiger partial charge in [0.2, 0.25) is 0 Å². The first-order valence-electron chi connectivity index (χ1n) is 12.9. The minimum absolute atomic E-state index is 0.0589. The number of rotatable bonds is 8. The van der Waals surface area contributed by atoms with E-state index in [0.717, 1.165) is 26.9 Å². The summed E-state index contributed by atoms with van der Waals surface area (Å²) >= 11 is 8.14. The van der Waals surface area contributed by atoms with Crippen LogP contribution in [0.5, 0.6) is 0 Å². The number of aromatic nitrogens is 3. The molecule has 1 aromatic carbocycles. The molecule has 1 saturated heterocycles. The van der Waals surface area contributed by atoms with Crippen molar-refractivity contribution in [3.05, 3.63) is 76.3 Å². The molecule has 2 aromatic heterocycles. The Bertz CT molecular complexity index is 1210. The molecule has 8 heteroatoms. The molecule has 2 atom stereocenters. The van der Waals surface area contributed by atoms with Gasteiger partial charge in [-0.3, -0.25) is 9.67 Å². The number of nitrogens with one attached hydrogen (secondary N) is 1. The van der Waals surface area contributed by atoms with Gasteiger partial charge in [0.1, 0.15) is 0 Å². The Labute approximate surface area is 222 Å². The molecule has 3 aromatic rings. The van der Waals surface area contributed by atoms with Crippen LogP contribution in [0, 0.1) is 0 Å². The summed E-state index contributed by atoms with van der Waals surface area (Å²) < 4.78 is 2.18. The first-order chi connectivity index (χ1) is 17.4. The lowest BCUT2D eigenvalue weighted by Gasteiger charge is -2.21. The monoisotopic (exact) mass is 523 g/mol. The van der Waals surface area contributed by atoms with Gasteiger partial charge in [-0.1, -0.05) is 30.7 Å². The number of benzene rings is 1. The molecule has 0 bridgehead atoms. The third-order valence-corrected chi connectivity index (χ3v) is 8.16. The Morgan fingerprint density at radius 1 is 1.17 bits per heavy atom. The van der Waals surface area contributed by atoms with Crippen LogP contribution in [-0.2, 0) is 6.54 Å². The Kier molecular flexibility index (Phi) is 7.58. The number of nitrogens with zero attached hydrogens (tertiary/aromatic N) is 4. The lowest BCUT2D eigenvalue weighted by atomic mass is 9.86. The van der Waals surface area contributed by atoms with Gasteiger partial charge in [0.25, 0.3) is 0 Å². The van der Waals surface area contributed by atoms with Crippen molar-refractivity contribution in [2.75, 3.05) is 18.8 Å². The van der Waals surface area contributed by atoms with E-state index < -0.39 is 0 Å². The van der Waals surface area contributed by atoms with E-state index in [2.05, 4.69) is 54.0 Å². The minimum atomic E-state index is -0.0589. The van der Waals surface area contributed by atoms with Crippen molar-refractivity contribution in [1.82, 2.24) is 25.0 Å². The predicted octanol–water partition coefficient (Wildman–Crippen LogP) is 6.59. The zero-order chi connectivity index (χ0) is 25.2. The number of hydrogen-bond donors (Lipinski definition) is 1. The highest BCUT2D eigenvalue weighted by atomic mass is 35.5. The summed E-state index contributed by atoms with van der Waals surface area (Å²) in [6.45, 7) is 8.17. The van der Waals surface area contributed by atoms with Gasteiger partial charge in [0.15, 0.2) is 0 Å². The highest BCUT2D eigenvalue weighted by molar-refractivity contribution is 7.99. The van der Waals surface area contributed by atoms with Gasteiger partial charge < -0.3 is 10.2 Å². The molecule has 1 N–H and O–H groups in total. The van der Waals surface area contributed by atoms with E-state index in [1.807, 2.05) is 35.4 Å². The summed E-state index contributed by atoms with van der Waals surface area (Å²) in [7, 11) is 0. The summed E-state index contributed by atoms with van der Waals surface area (Å²) in [6, 6.07) is 14.6. The van der Waals surface area contributed by atoms with Crippen LogP contribution in [0.25, 0.3) is 0 Å². The number of likely N-dealkylation sites (tertiary alicyclic amines) is 1. The fraction of sp³-hybridized carbons (Fsp3) is 0.464. The van der Waals surface area contributed by atoms with Gasteiger partial charge in [-0.25, -0.2) is 4.79 Å². The van der Waals surface area contributed by atoms with Crippen LogP contribution >= 0.6 is 23.4 Å². The van der Waals surface area contributed by atoms with Gasteiger partial charge in [-0.15, -0.1) is 11.8 Å². The molecule has 2 unspecified atom stereocenters. The van der Waals surface area contributed by atoms with Gasteiger partial charge in [-0.2, -0.15) is 5.10 Å². The number of urea groups is 1. The van der Waals surface area contributed by atoms with E-state index in [9.17, 15) is 4.79 Å². The second kappa shape index (κ2) is 10.9. The zero-order valence-corrected chi connectivity index (χ0v) is 22.7. The van der Waals surface area contributed by atoms with Crippen molar-refractivity contribution in [1.29, 1.82) is 0 Å². The molecule has 2 aliphatic rings. The molecule has 3 heterocycles. The van der Waals surface area contributed by atoms with Crippen LogP contribution in [-0.4, -0.2) is 44.5 Å². The van der Waals surface area contributed by atoms with Crippen LogP contribution in [0.15, 0.2) is 53.6 Å². The quantitative estimate of drug-likeness (QED) is 0.338. The molecule has 1 aliphatic carbocycles. The maximum absolute atomic E-state index is 13.3. The highest BCUT2D eigenvalue weighted by Crippen LogP contribution is 2.44. The summed E-state index contributed by atoms with van der Waals surface area (Å²) in [5.74, 6) is 1.91. The van der Waals surface area contributed by atoms with Gasteiger partial charge >= 0.3 is 6.03 Å². The van der Waals surface area contributed by atoms with Crippen LogP contribution < -0.4 is 5.32 Å². The first kappa shape index (κ1) is 25.2. The van der Waals surface area contributed by atoms with E-state index in [1.165, 1.54) is 24.2 Å². The van der Waals surface area contributed by atoms with Crippen molar-refractivity contribution >= 4 is 29.4 Å². The maximum atomic E-state index is 13.3. The molecule has 0 radical (unpaired) electrons. The first-order valence-corrected chi connectivity index (χ1v) is 14.2. The predicted molar refractivity (Wildman–Crippen MR) is 146 cm³/mol. The number of carbonyl (C=O) groups is 1. The number of hydrogen-bond acceptors (Lipinski definition) is 4. The van der Waals surface area contributed by atoms with E-state index in [1.54, 1.807) is 11.8 Å². The van der Waals surface area contributed by atoms with Crippen LogP contribution in [0.2, 0.25) is 5.02 Å². The Balaban J connectivity index is 1.36. The Morgan fingerprint density at radius 3 is 2.64 bits per heavy atom. The summed E-state index contributed by atoms with van der Waals surface area (Å²) in [5.41, 5.74) is 4.44. The van der Waals surface area contributed by atoms with Crippen LogP contribution in [0.1, 0.15) is 80.1 Å². The molecule has 1 saturated carbocycles. The third-order valence-electron chi connectivity index (χ3n) is 7.06. The largest absolute Gasteiger partial charge is 0.332 e. The molecule has 5 rings (SSSR count). The van der Waals surface area contributed by atoms with Gasteiger partial charge in [0.05, 0.1) is 17.9 Å². The molecule has 6 nitrogen and oxygen atoms in total. The molecular weight excluding hydrogens is 490 g/mol. The van der Waals surface area contributed by atoms with Crippen molar-refractivity contribution < 1.29 is 4.79 Å². The minimum Gasteiger partial charge on any atom is -0.332 e. The third kappa shape index (κ3) is 5.57. The lowest BCUT2D eigenvalue weighted by Crippen LogP contribution is -2.38. The topological polar surface area (TPSA) is 63.1 Å². The lowest BCUT2D eigenvalue weighted by molar-refractivity contribution is 0.207. The van der Waals surface area contributed by atoms with Crippen molar-refractivity contribution in [2.24, 2.45) is 0 Å². The number of pyridine rings is 1. The molecule has 0 spiro atoms. The number of halogens is 1. The summed E-state index contributed by atoms with van der Waals surface area (Å²) in [5, 5.41) is 8.80. The van der Waals surface area contributed by atoms with Crippen molar-refractivity contribution in [3.8, 4) is 0 Å². The second-order valence-electron chi connectivity index (χ2n) is 10.1. The van der Waals surface area contributed by atoms with E-state index in [-0.39, 0.29) is 23.9 Å². The molecule has 2 fully saturated rings. The van der Waals surface area contributed by atoms with E-state index in [0.29, 0.717) is 25.6 Å². The van der Waals surface area contributed by atoms with Crippen molar-refractivity contribution in [3.63, 3.8) is 0 Å². The molecule has 36 heavy (non-hydrogen) atoms.